The summed E-state index contributed by atoms with van der Waals surface area (Å²) < 4.78 is 5.82. The molecule has 1 aliphatic rings. The lowest BCUT2D eigenvalue weighted by Gasteiger charge is -2.25. The molecule has 0 aliphatic heterocycles. The fourth-order valence-corrected chi connectivity index (χ4v) is 4.60. The average molecular weight is 419 g/mol. The monoisotopic (exact) mass is 418 g/mol. The minimum Gasteiger partial charge on any atom is -0.494 e. The maximum atomic E-state index is 11.5. The number of benzene rings is 2. The third-order valence-corrected chi connectivity index (χ3v) is 6.04. The molecule has 1 aliphatic carbocycles. The summed E-state index contributed by atoms with van der Waals surface area (Å²) in [4.78, 5) is 24.7. The van der Waals surface area contributed by atoms with Gasteiger partial charge in [0.1, 0.15) is 11.5 Å². The highest BCUT2D eigenvalue weighted by Crippen LogP contribution is 2.42. The second-order valence-electron chi connectivity index (χ2n) is 6.51. The zero-order valence-electron chi connectivity index (χ0n) is 14.5. The maximum Gasteiger partial charge on any atom is 0.307 e. The van der Waals surface area contributed by atoms with Crippen LogP contribution in [0.25, 0.3) is 0 Å². The number of H-pyrrole nitrogens is 1. The van der Waals surface area contributed by atoms with Gasteiger partial charge in [-0.15, -0.1) is 0 Å². The number of aryl methyl sites for hydroxylation is 1. The van der Waals surface area contributed by atoms with E-state index < -0.39 is 4.92 Å². The van der Waals surface area contributed by atoms with Crippen LogP contribution in [0.2, 0.25) is 5.02 Å². The number of hydrogen-bond acceptors (Lipinski definition) is 6. The number of fused-ring (bicyclic) bond motifs is 1. The molecule has 1 aromatic heterocycles. The number of non-ortho nitro benzene ring substituents is 1. The minimum absolute atomic E-state index is 0.0373. The van der Waals surface area contributed by atoms with E-state index in [1.54, 1.807) is 6.07 Å². The molecule has 28 heavy (non-hydrogen) atoms. The van der Waals surface area contributed by atoms with Gasteiger partial charge >= 0.3 is 4.87 Å². The first-order valence-electron chi connectivity index (χ1n) is 8.59. The van der Waals surface area contributed by atoms with Crippen molar-refractivity contribution in [3.63, 3.8) is 0 Å². The average Bonchev–Trinajstić information content (AvgIpc) is 3.00. The molecule has 9 heteroatoms. The number of nitrogens with zero attached hydrogens (tertiary/aromatic N) is 1. The lowest BCUT2D eigenvalue weighted by Crippen LogP contribution is -2.10. The van der Waals surface area contributed by atoms with Gasteiger partial charge < -0.3 is 9.84 Å². The Bertz CT molecular complexity index is 1120. The lowest BCUT2D eigenvalue weighted by molar-refractivity contribution is -0.384. The fraction of sp³-hybridized carbons (Fsp3) is 0.211. The number of ether oxygens (including phenoxy) is 1. The highest BCUT2D eigenvalue weighted by molar-refractivity contribution is 7.09. The van der Waals surface area contributed by atoms with Gasteiger partial charge in [-0.05, 0) is 48.6 Å². The largest absolute Gasteiger partial charge is 0.494 e. The molecule has 1 atom stereocenters. The van der Waals surface area contributed by atoms with Crippen molar-refractivity contribution in [1.29, 1.82) is 0 Å². The Balaban J connectivity index is 1.63. The maximum absolute atomic E-state index is 11.5. The van der Waals surface area contributed by atoms with Crippen molar-refractivity contribution in [3.8, 4) is 17.4 Å². The van der Waals surface area contributed by atoms with Gasteiger partial charge in [0.2, 0.25) is 5.88 Å². The smallest absolute Gasteiger partial charge is 0.307 e. The molecule has 144 valence electrons. The van der Waals surface area contributed by atoms with Crippen LogP contribution >= 0.6 is 22.9 Å². The Labute approximate surface area is 168 Å². The number of halogens is 1. The number of thiazole rings is 1. The number of nitro benzene ring substituents is 1. The van der Waals surface area contributed by atoms with Gasteiger partial charge in [0, 0.05) is 18.1 Å². The molecular formula is C19H15ClN2O5S. The Morgan fingerprint density at radius 3 is 2.79 bits per heavy atom. The summed E-state index contributed by atoms with van der Waals surface area (Å²) in [5, 5.41) is 21.0. The lowest BCUT2D eigenvalue weighted by atomic mass is 9.82. The van der Waals surface area contributed by atoms with E-state index in [0.717, 1.165) is 41.7 Å². The molecule has 4 rings (SSSR count). The van der Waals surface area contributed by atoms with E-state index in [1.165, 1.54) is 18.2 Å². The topological polar surface area (TPSA) is 105 Å². The SMILES string of the molecule is O=c1[nH]c(O)c([C@@H]2CCCc3cc(Oc4ccc([N+](=O)[O-])cc4Cl)ccc32)s1. The molecule has 7 nitrogen and oxygen atoms in total. The molecule has 0 radical (unpaired) electrons. The summed E-state index contributed by atoms with van der Waals surface area (Å²) in [5.41, 5.74) is 2.03. The van der Waals surface area contributed by atoms with Crippen LogP contribution < -0.4 is 9.61 Å². The first-order chi connectivity index (χ1) is 13.4. The van der Waals surface area contributed by atoms with Crippen molar-refractivity contribution in [2.24, 2.45) is 0 Å². The Morgan fingerprint density at radius 2 is 2.11 bits per heavy atom. The molecule has 2 aromatic carbocycles. The third kappa shape index (κ3) is 3.48. The number of hydrogen-bond donors (Lipinski definition) is 2. The summed E-state index contributed by atoms with van der Waals surface area (Å²) in [7, 11) is 0. The van der Waals surface area contributed by atoms with E-state index in [-0.39, 0.29) is 27.4 Å². The number of aromatic hydroxyl groups is 1. The first kappa shape index (κ1) is 18.5. The summed E-state index contributed by atoms with van der Waals surface area (Å²) in [5.74, 6) is 0.804. The van der Waals surface area contributed by atoms with Crippen LogP contribution in [-0.4, -0.2) is 15.0 Å². The Hall–Kier alpha value is -2.84. The normalized spacial score (nSPS) is 15.8. The second kappa shape index (κ2) is 7.29. The van der Waals surface area contributed by atoms with Crippen molar-refractivity contribution < 1.29 is 14.8 Å². The van der Waals surface area contributed by atoms with E-state index in [2.05, 4.69) is 4.98 Å². The Morgan fingerprint density at radius 1 is 1.29 bits per heavy atom. The fourth-order valence-electron chi connectivity index (χ4n) is 3.51. The summed E-state index contributed by atoms with van der Waals surface area (Å²) >= 11 is 7.13. The molecule has 0 saturated heterocycles. The van der Waals surface area contributed by atoms with Crippen molar-refractivity contribution in [2.75, 3.05) is 0 Å². The molecule has 0 unspecified atom stereocenters. The molecule has 0 bridgehead atoms. The van der Waals surface area contributed by atoms with Crippen LogP contribution in [0.4, 0.5) is 5.69 Å². The zero-order chi connectivity index (χ0) is 19.8. The number of nitrogens with one attached hydrogen (secondary N) is 1. The minimum atomic E-state index is -0.514. The van der Waals surface area contributed by atoms with E-state index >= 15 is 0 Å². The quantitative estimate of drug-likeness (QED) is 0.460. The van der Waals surface area contributed by atoms with Crippen LogP contribution in [0.1, 0.15) is 34.8 Å². The van der Waals surface area contributed by atoms with Gasteiger partial charge in [-0.2, -0.15) is 0 Å². The predicted octanol–water partition coefficient (Wildman–Crippen LogP) is 4.96. The number of rotatable bonds is 4. The Kier molecular flexibility index (Phi) is 4.82. The third-order valence-electron chi connectivity index (χ3n) is 4.76. The zero-order valence-corrected chi connectivity index (χ0v) is 16.0. The summed E-state index contributed by atoms with van der Waals surface area (Å²) in [6, 6.07) is 9.69. The number of aromatic nitrogens is 1. The van der Waals surface area contributed by atoms with Crippen molar-refractivity contribution in [3.05, 3.63) is 77.2 Å². The molecule has 2 N–H and O–H groups in total. The van der Waals surface area contributed by atoms with Crippen molar-refractivity contribution in [1.82, 2.24) is 4.98 Å². The van der Waals surface area contributed by atoms with Gasteiger partial charge in [0.15, 0.2) is 0 Å². The highest BCUT2D eigenvalue weighted by atomic mass is 35.5. The summed E-state index contributed by atoms with van der Waals surface area (Å²) in [6.45, 7) is 0. The van der Waals surface area contributed by atoms with Gasteiger partial charge in [-0.25, -0.2) is 0 Å². The van der Waals surface area contributed by atoms with E-state index in [9.17, 15) is 20.0 Å². The number of nitro groups is 1. The van der Waals surface area contributed by atoms with Gasteiger partial charge in [-0.1, -0.05) is 29.0 Å². The van der Waals surface area contributed by atoms with Crippen LogP contribution in [-0.2, 0) is 6.42 Å². The molecule has 0 fully saturated rings. The van der Waals surface area contributed by atoms with Crippen molar-refractivity contribution >= 4 is 28.6 Å². The van der Waals surface area contributed by atoms with Gasteiger partial charge in [-0.3, -0.25) is 19.9 Å². The van der Waals surface area contributed by atoms with Gasteiger partial charge in [0.25, 0.3) is 5.69 Å². The van der Waals surface area contributed by atoms with E-state index in [4.69, 9.17) is 16.3 Å². The molecule has 0 saturated carbocycles. The second-order valence-corrected chi connectivity index (χ2v) is 7.93. The van der Waals surface area contributed by atoms with E-state index in [0.29, 0.717) is 16.4 Å². The molecule has 3 aromatic rings. The molecule has 0 amide bonds. The molecule has 1 heterocycles. The predicted molar refractivity (Wildman–Crippen MR) is 106 cm³/mol. The van der Waals surface area contributed by atoms with Crippen LogP contribution in [0, 0.1) is 10.1 Å². The van der Waals surface area contributed by atoms with Crippen LogP contribution in [0.15, 0.2) is 41.2 Å². The van der Waals surface area contributed by atoms with Crippen molar-refractivity contribution in [2.45, 2.75) is 25.2 Å². The first-order valence-corrected chi connectivity index (χ1v) is 9.78. The van der Waals surface area contributed by atoms with Gasteiger partial charge in [0.05, 0.1) is 14.8 Å². The highest BCUT2D eigenvalue weighted by Gasteiger charge is 2.26. The van der Waals surface area contributed by atoms with Crippen LogP contribution in [0.3, 0.4) is 0 Å². The summed E-state index contributed by atoms with van der Waals surface area (Å²) in [6.07, 6.45) is 2.63. The molecule has 0 spiro atoms. The number of aromatic amines is 1. The van der Waals surface area contributed by atoms with Crippen LogP contribution in [0.5, 0.6) is 17.4 Å². The molecular weight excluding hydrogens is 404 g/mol. The van der Waals surface area contributed by atoms with E-state index in [1.807, 2.05) is 12.1 Å². The standard InChI is InChI=1S/C19H15ClN2O5S/c20-15-9-11(22(25)26)4-7-16(15)27-12-5-6-13-10(8-12)2-1-3-14(13)17-18(23)21-19(24)28-17/h4-9,14,23H,1-3H2,(H,21,24)/t14-/m1/s1.